The van der Waals surface area contributed by atoms with Crippen molar-refractivity contribution in [1.82, 2.24) is 14.6 Å². The highest BCUT2D eigenvalue weighted by Crippen LogP contribution is 2.17. The lowest BCUT2D eigenvalue weighted by Gasteiger charge is -1.98. The maximum absolute atomic E-state index is 11.2. The van der Waals surface area contributed by atoms with Crippen molar-refractivity contribution in [3.63, 3.8) is 0 Å². The molecule has 2 rings (SSSR count). The number of esters is 1. The highest BCUT2D eigenvalue weighted by molar-refractivity contribution is 9.10. The Balaban J connectivity index is 2.62. The summed E-state index contributed by atoms with van der Waals surface area (Å²) in [5.74, 6) is -0.415. The number of hydrogen-bond acceptors (Lipinski definition) is 4. The Bertz CT molecular complexity index is 535. The quantitative estimate of drug-likeness (QED) is 0.738. The number of aromatic nitrogens is 3. The second kappa shape index (κ2) is 3.62. The molecule has 5 nitrogen and oxygen atoms in total. The van der Waals surface area contributed by atoms with Crippen LogP contribution in [0.4, 0.5) is 0 Å². The number of rotatable bonds is 1. The molecular formula is C9H8BrN3O2. The first-order valence-corrected chi connectivity index (χ1v) is 5.02. The maximum atomic E-state index is 11.2. The molecule has 0 spiro atoms. The Hall–Kier alpha value is -1.43. The van der Waals surface area contributed by atoms with Gasteiger partial charge < -0.3 is 4.74 Å². The first-order chi connectivity index (χ1) is 7.13. The fraction of sp³-hybridized carbons (Fsp3) is 0.222. The summed E-state index contributed by atoms with van der Waals surface area (Å²) in [5, 5.41) is 4.08. The molecule has 0 fully saturated rings. The van der Waals surface area contributed by atoms with Gasteiger partial charge in [0.2, 0.25) is 0 Å². The van der Waals surface area contributed by atoms with Crippen molar-refractivity contribution in [2.45, 2.75) is 6.92 Å². The fourth-order valence-corrected chi connectivity index (χ4v) is 1.61. The van der Waals surface area contributed by atoms with E-state index in [0.29, 0.717) is 11.2 Å². The third-order valence-electron chi connectivity index (χ3n) is 2.00. The lowest BCUT2D eigenvalue weighted by atomic mass is 10.3. The van der Waals surface area contributed by atoms with Crippen LogP contribution in [0.2, 0.25) is 0 Å². The molecule has 0 aliphatic heterocycles. The lowest BCUT2D eigenvalue weighted by Crippen LogP contribution is -2.03. The molecule has 0 N–H and O–H groups in total. The summed E-state index contributed by atoms with van der Waals surface area (Å²) in [7, 11) is 1.33. The molecule has 2 heterocycles. The van der Waals surface area contributed by atoms with Crippen molar-refractivity contribution in [3.05, 3.63) is 28.1 Å². The van der Waals surface area contributed by atoms with E-state index in [1.54, 1.807) is 10.6 Å². The van der Waals surface area contributed by atoms with Crippen molar-refractivity contribution in [3.8, 4) is 0 Å². The highest BCUT2D eigenvalue weighted by atomic mass is 79.9. The van der Waals surface area contributed by atoms with Crippen LogP contribution in [-0.2, 0) is 4.74 Å². The molecule has 0 saturated heterocycles. The predicted molar refractivity (Wildman–Crippen MR) is 56.8 cm³/mol. The van der Waals surface area contributed by atoms with Crippen LogP contribution in [0.3, 0.4) is 0 Å². The molecule has 0 aliphatic carbocycles. The van der Waals surface area contributed by atoms with Crippen LogP contribution in [0.15, 0.2) is 16.9 Å². The zero-order valence-electron chi connectivity index (χ0n) is 8.19. The van der Waals surface area contributed by atoms with E-state index in [0.717, 1.165) is 10.3 Å². The first-order valence-electron chi connectivity index (χ1n) is 4.22. The van der Waals surface area contributed by atoms with Gasteiger partial charge in [0.05, 0.1) is 24.6 Å². The molecule has 0 aliphatic rings. The Morgan fingerprint density at radius 3 is 3.00 bits per heavy atom. The van der Waals surface area contributed by atoms with Gasteiger partial charge in [-0.1, -0.05) is 0 Å². The molecule has 0 unspecified atom stereocenters. The number of ether oxygens (including phenoxy) is 1. The molecule has 78 valence electrons. The van der Waals surface area contributed by atoms with E-state index in [1.165, 1.54) is 13.3 Å². The van der Waals surface area contributed by atoms with Gasteiger partial charge in [-0.3, -0.25) is 0 Å². The summed E-state index contributed by atoms with van der Waals surface area (Å²) in [4.78, 5) is 15.5. The van der Waals surface area contributed by atoms with Crippen LogP contribution in [0.1, 0.15) is 16.1 Å². The largest absolute Gasteiger partial charge is 0.465 e. The minimum Gasteiger partial charge on any atom is -0.465 e. The Morgan fingerprint density at radius 1 is 1.60 bits per heavy atom. The molecule has 2 aromatic rings. The van der Waals surface area contributed by atoms with Crippen molar-refractivity contribution < 1.29 is 9.53 Å². The topological polar surface area (TPSA) is 56.5 Å². The number of hydrogen-bond donors (Lipinski definition) is 0. The van der Waals surface area contributed by atoms with Crippen LogP contribution in [0, 0.1) is 6.92 Å². The van der Waals surface area contributed by atoms with Gasteiger partial charge in [-0.05, 0) is 28.9 Å². The summed E-state index contributed by atoms with van der Waals surface area (Å²) in [6, 6.07) is 1.64. The SMILES string of the molecule is COC(=O)c1cnn2c(Br)c(C)nc2c1. The molecule has 15 heavy (non-hydrogen) atoms. The van der Waals surface area contributed by atoms with Gasteiger partial charge in [0.1, 0.15) is 4.60 Å². The highest BCUT2D eigenvalue weighted by Gasteiger charge is 2.11. The smallest absolute Gasteiger partial charge is 0.339 e. The average molecular weight is 270 g/mol. The van der Waals surface area contributed by atoms with Gasteiger partial charge in [-0.15, -0.1) is 0 Å². The fourth-order valence-electron chi connectivity index (χ4n) is 1.25. The van der Waals surface area contributed by atoms with E-state index in [1.807, 2.05) is 6.92 Å². The Kier molecular flexibility index (Phi) is 2.44. The van der Waals surface area contributed by atoms with Gasteiger partial charge >= 0.3 is 5.97 Å². The molecule has 0 amide bonds. The van der Waals surface area contributed by atoms with E-state index in [-0.39, 0.29) is 0 Å². The van der Waals surface area contributed by atoms with Crippen LogP contribution in [0.5, 0.6) is 0 Å². The molecule has 0 radical (unpaired) electrons. The number of fused-ring (bicyclic) bond motifs is 1. The second-order valence-corrected chi connectivity index (χ2v) is 3.74. The predicted octanol–water partition coefficient (Wildman–Crippen LogP) is 1.59. The van der Waals surface area contributed by atoms with Crippen molar-refractivity contribution in [1.29, 1.82) is 0 Å². The molecule has 2 aromatic heterocycles. The lowest BCUT2D eigenvalue weighted by molar-refractivity contribution is 0.0600. The summed E-state index contributed by atoms with van der Waals surface area (Å²) < 4.78 is 6.99. The second-order valence-electron chi connectivity index (χ2n) is 2.99. The molecular weight excluding hydrogens is 262 g/mol. The van der Waals surface area contributed by atoms with Crippen molar-refractivity contribution in [2.24, 2.45) is 0 Å². The van der Waals surface area contributed by atoms with E-state index < -0.39 is 5.97 Å². The number of imidazole rings is 1. The van der Waals surface area contributed by atoms with Crippen molar-refractivity contribution in [2.75, 3.05) is 7.11 Å². The van der Waals surface area contributed by atoms with Gasteiger partial charge in [-0.25, -0.2) is 14.3 Å². The third kappa shape index (κ3) is 1.61. The van der Waals surface area contributed by atoms with E-state index >= 15 is 0 Å². The standard InChI is InChI=1S/C9H8BrN3O2/c1-5-8(10)13-7(12-5)3-6(4-11-13)9(14)15-2/h3-4H,1-2H3. The summed E-state index contributed by atoms with van der Waals surface area (Å²) in [6.45, 7) is 1.86. The first kappa shape index (κ1) is 10.1. The molecule has 0 bridgehead atoms. The van der Waals surface area contributed by atoms with Crippen LogP contribution < -0.4 is 0 Å². The summed E-state index contributed by atoms with van der Waals surface area (Å²) in [5.41, 5.74) is 1.83. The minimum atomic E-state index is -0.415. The maximum Gasteiger partial charge on any atom is 0.339 e. The zero-order chi connectivity index (χ0) is 11.0. The van der Waals surface area contributed by atoms with Gasteiger partial charge in [0.25, 0.3) is 0 Å². The average Bonchev–Trinajstić information content (AvgIpc) is 2.53. The van der Waals surface area contributed by atoms with E-state index in [2.05, 4.69) is 30.7 Å². The number of methoxy groups -OCH3 is 1. The van der Waals surface area contributed by atoms with Crippen LogP contribution in [0.25, 0.3) is 5.65 Å². The van der Waals surface area contributed by atoms with Gasteiger partial charge in [0, 0.05) is 0 Å². The van der Waals surface area contributed by atoms with Gasteiger partial charge in [-0.2, -0.15) is 5.10 Å². The monoisotopic (exact) mass is 269 g/mol. The minimum absolute atomic E-state index is 0.391. The summed E-state index contributed by atoms with van der Waals surface area (Å²) >= 11 is 3.35. The van der Waals surface area contributed by atoms with Gasteiger partial charge in [0.15, 0.2) is 5.65 Å². The molecule has 0 saturated carbocycles. The Labute approximate surface area is 94.2 Å². The number of aryl methyl sites for hydroxylation is 1. The van der Waals surface area contributed by atoms with E-state index in [4.69, 9.17) is 0 Å². The molecule has 6 heteroatoms. The number of nitrogens with zero attached hydrogens (tertiary/aromatic N) is 3. The van der Waals surface area contributed by atoms with Crippen LogP contribution in [-0.4, -0.2) is 27.7 Å². The number of halogens is 1. The number of carbonyl (C=O) groups excluding carboxylic acids is 1. The third-order valence-corrected chi connectivity index (χ3v) is 2.91. The molecule has 0 aromatic carbocycles. The van der Waals surface area contributed by atoms with E-state index in [9.17, 15) is 4.79 Å². The normalized spacial score (nSPS) is 10.6. The van der Waals surface area contributed by atoms with Crippen molar-refractivity contribution >= 4 is 27.5 Å². The Morgan fingerprint density at radius 2 is 2.33 bits per heavy atom. The zero-order valence-corrected chi connectivity index (χ0v) is 9.78. The summed E-state index contributed by atoms with van der Waals surface area (Å²) in [6.07, 6.45) is 1.45. The number of carbonyl (C=O) groups is 1. The van der Waals surface area contributed by atoms with Crippen LogP contribution >= 0.6 is 15.9 Å². The molecule has 0 atom stereocenters.